The van der Waals surface area contributed by atoms with Crippen molar-refractivity contribution >= 4 is 22.3 Å². The largest absolute Gasteiger partial charge is 0.392 e. The molecule has 5 heteroatoms. The van der Waals surface area contributed by atoms with E-state index in [0.29, 0.717) is 12.4 Å². The number of amidine groups is 1. The van der Waals surface area contributed by atoms with Crippen molar-refractivity contribution in [2.45, 2.75) is 26.9 Å². The van der Waals surface area contributed by atoms with Gasteiger partial charge in [-0.1, -0.05) is 55.4 Å². The van der Waals surface area contributed by atoms with Crippen molar-refractivity contribution < 1.29 is 9.94 Å². The molecule has 1 unspecified atom stereocenters. The van der Waals surface area contributed by atoms with Gasteiger partial charge in [-0.2, -0.15) is 0 Å². The van der Waals surface area contributed by atoms with Crippen LogP contribution in [0.5, 0.6) is 0 Å². The summed E-state index contributed by atoms with van der Waals surface area (Å²) in [6.45, 7) is 8.61. The van der Waals surface area contributed by atoms with E-state index in [-0.39, 0.29) is 6.61 Å². The minimum Gasteiger partial charge on any atom is -0.392 e. The van der Waals surface area contributed by atoms with E-state index in [0.717, 1.165) is 24.2 Å². The Balaban J connectivity index is 1.89. The molecule has 2 N–H and O–H groups in total. The molecule has 2 aromatic carbocycles. The molecule has 0 heterocycles. The van der Waals surface area contributed by atoms with Crippen molar-refractivity contribution in [3.8, 4) is 0 Å². The van der Waals surface area contributed by atoms with Crippen molar-refractivity contribution in [2.24, 2.45) is 5.16 Å². The molecular formula is C19H27N3O2. The summed E-state index contributed by atoms with van der Waals surface area (Å²) in [6.07, 6.45) is -0.543. The minimum absolute atomic E-state index is 0.186. The summed E-state index contributed by atoms with van der Waals surface area (Å²) in [5, 5.41) is 19.6. The van der Waals surface area contributed by atoms with Crippen molar-refractivity contribution in [3.63, 3.8) is 0 Å². The first kappa shape index (κ1) is 18.2. The fourth-order valence-electron chi connectivity index (χ4n) is 2.60. The summed E-state index contributed by atoms with van der Waals surface area (Å²) < 4.78 is 0. The minimum atomic E-state index is -0.543. The van der Waals surface area contributed by atoms with Crippen LogP contribution in [0, 0.1) is 0 Å². The maximum Gasteiger partial charge on any atom is 0.144 e. The van der Waals surface area contributed by atoms with Crippen LogP contribution in [0.25, 0.3) is 10.8 Å². The van der Waals surface area contributed by atoms with E-state index in [1.807, 2.05) is 31.2 Å². The Morgan fingerprint density at radius 3 is 2.62 bits per heavy atom. The Morgan fingerprint density at radius 2 is 1.88 bits per heavy atom. The summed E-state index contributed by atoms with van der Waals surface area (Å²) in [4.78, 5) is 7.43. The number of nitrogens with zero attached hydrogens (tertiary/aromatic N) is 2. The fraction of sp³-hybridized carbons (Fsp3) is 0.421. The highest BCUT2D eigenvalue weighted by Gasteiger charge is 2.09. The maximum absolute atomic E-state index is 9.97. The Morgan fingerprint density at radius 1 is 1.17 bits per heavy atom. The summed E-state index contributed by atoms with van der Waals surface area (Å²) in [5.74, 6) is 0.654. The summed E-state index contributed by atoms with van der Waals surface area (Å²) in [6, 6.07) is 14.3. The van der Waals surface area contributed by atoms with Crippen molar-refractivity contribution in [1.29, 1.82) is 0 Å². The van der Waals surface area contributed by atoms with Gasteiger partial charge in [-0.15, -0.1) is 0 Å². The number of aliphatic hydroxyl groups excluding tert-OH is 1. The Labute approximate surface area is 143 Å². The van der Waals surface area contributed by atoms with Gasteiger partial charge in [-0.25, -0.2) is 0 Å². The molecule has 130 valence electrons. The van der Waals surface area contributed by atoms with Gasteiger partial charge in [0, 0.05) is 17.6 Å². The molecule has 1 atom stereocenters. The number of hydrogen-bond acceptors (Lipinski definition) is 4. The van der Waals surface area contributed by atoms with Crippen LogP contribution in [-0.4, -0.2) is 48.2 Å². The van der Waals surface area contributed by atoms with Gasteiger partial charge in [0.05, 0.1) is 0 Å². The quantitative estimate of drug-likeness (QED) is 0.443. The Bertz CT molecular complexity index is 663. The topological polar surface area (TPSA) is 57.1 Å². The second-order valence-electron chi connectivity index (χ2n) is 5.76. The Kier molecular flexibility index (Phi) is 7.03. The van der Waals surface area contributed by atoms with Crippen LogP contribution in [0.3, 0.4) is 0 Å². The number of hydrogen-bond donors (Lipinski definition) is 2. The van der Waals surface area contributed by atoms with Gasteiger partial charge in [0.1, 0.15) is 18.5 Å². The smallest absolute Gasteiger partial charge is 0.144 e. The van der Waals surface area contributed by atoms with Gasteiger partial charge >= 0.3 is 0 Å². The van der Waals surface area contributed by atoms with Crippen LogP contribution in [0.15, 0.2) is 47.6 Å². The van der Waals surface area contributed by atoms with E-state index in [9.17, 15) is 5.11 Å². The number of aliphatic hydroxyl groups is 1. The number of nitrogens with one attached hydrogen (secondary N) is 1. The molecule has 5 nitrogen and oxygen atoms in total. The lowest BCUT2D eigenvalue weighted by Gasteiger charge is -2.21. The van der Waals surface area contributed by atoms with Gasteiger partial charge in [0.2, 0.25) is 0 Å². The van der Waals surface area contributed by atoms with Gasteiger partial charge in [0.25, 0.3) is 0 Å². The molecule has 0 spiro atoms. The predicted molar refractivity (Wildman–Crippen MR) is 100 cm³/mol. The lowest BCUT2D eigenvalue weighted by Crippen LogP contribution is -2.34. The monoisotopic (exact) mass is 329 g/mol. The van der Waals surface area contributed by atoms with Crippen LogP contribution in [0.1, 0.15) is 20.8 Å². The molecule has 0 saturated heterocycles. The highest BCUT2D eigenvalue weighted by Crippen LogP contribution is 2.22. The van der Waals surface area contributed by atoms with Crippen LogP contribution in [-0.2, 0) is 4.84 Å². The molecule has 0 aliphatic carbocycles. The zero-order valence-corrected chi connectivity index (χ0v) is 14.7. The normalized spacial score (nSPS) is 13.3. The SMILES string of the molecule is CCN(CC)CC(O)CON=C(C)Nc1cccc2ccccc12. The summed E-state index contributed by atoms with van der Waals surface area (Å²) in [7, 11) is 0. The average Bonchev–Trinajstić information content (AvgIpc) is 2.60. The van der Waals surface area contributed by atoms with E-state index in [2.05, 4.69) is 47.4 Å². The van der Waals surface area contributed by atoms with Crippen LogP contribution in [0.4, 0.5) is 5.69 Å². The molecule has 0 amide bonds. The lowest BCUT2D eigenvalue weighted by atomic mass is 10.1. The van der Waals surface area contributed by atoms with E-state index in [1.165, 1.54) is 5.39 Å². The number of likely N-dealkylation sites (N-methyl/N-ethyl adjacent to an activating group) is 1. The molecule has 0 aliphatic rings. The molecule has 0 bridgehead atoms. The van der Waals surface area contributed by atoms with Crippen LogP contribution >= 0.6 is 0 Å². The molecule has 0 aliphatic heterocycles. The predicted octanol–water partition coefficient (Wildman–Crippen LogP) is 3.30. The molecule has 2 rings (SSSR count). The molecule has 2 aromatic rings. The van der Waals surface area contributed by atoms with Crippen LogP contribution < -0.4 is 5.32 Å². The summed E-state index contributed by atoms with van der Waals surface area (Å²) >= 11 is 0. The van der Waals surface area contributed by atoms with E-state index in [4.69, 9.17) is 4.84 Å². The number of oxime groups is 1. The third kappa shape index (κ3) is 5.22. The van der Waals surface area contributed by atoms with E-state index in [1.54, 1.807) is 0 Å². The molecule has 24 heavy (non-hydrogen) atoms. The number of rotatable bonds is 8. The van der Waals surface area contributed by atoms with Crippen molar-refractivity contribution in [1.82, 2.24) is 4.90 Å². The zero-order chi connectivity index (χ0) is 17.4. The van der Waals surface area contributed by atoms with Gasteiger partial charge in [-0.3, -0.25) is 0 Å². The van der Waals surface area contributed by atoms with Crippen molar-refractivity contribution in [3.05, 3.63) is 42.5 Å². The van der Waals surface area contributed by atoms with E-state index < -0.39 is 6.10 Å². The summed E-state index contributed by atoms with van der Waals surface area (Å²) in [5.41, 5.74) is 0.988. The number of fused-ring (bicyclic) bond motifs is 1. The van der Waals surface area contributed by atoms with Crippen molar-refractivity contribution in [2.75, 3.05) is 31.6 Å². The number of benzene rings is 2. The first-order valence-corrected chi connectivity index (χ1v) is 8.45. The van der Waals surface area contributed by atoms with Crippen LogP contribution in [0.2, 0.25) is 0 Å². The second kappa shape index (κ2) is 9.25. The van der Waals surface area contributed by atoms with Gasteiger partial charge in [0.15, 0.2) is 0 Å². The second-order valence-corrected chi connectivity index (χ2v) is 5.76. The maximum atomic E-state index is 9.97. The molecular weight excluding hydrogens is 302 g/mol. The third-order valence-electron chi connectivity index (χ3n) is 3.94. The molecule has 0 fully saturated rings. The third-order valence-corrected chi connectivity index (χ3v) is 3.94. The average molecular weight is 329 g/mol. The molecule has 0 saturated carbocycles. The molecule has 0 radical (unpaired) electrons. The van der Waals surface area contributed by atoms with E-state index >= 15 is 0 Å². The van der Waals surface area contributed by atoms with Gasteiger partial charge < -0.3 is 20.2 Å². The Hall–Kier alpha value is -2.11. The van der Waals surface area contributed by atoms with Gasteiger partial charge in [-0.05, 0) is 31.5 Å². The lowest BCUT2D eigenvalue weighted by molar-refractivity contribution is 0.0207. The standard InChI is InChI=1S/C19H27N3O2/c1-4-22(5-2)13-17(23)14-24-21-15(3)20-19-12-8-10-16-9-6-7-11-18(16)19/h6-12,17,23H,4-5,13-14H2,1-3H3,(H,20,21). The zero-order valence-electron chi connectivity index (χ0n) is 14.7. The first-order valence-electron chi connectivity index (χ1n) is 8.45. The molecule has 0 aromatic heterocycles. The fourth-order valence-corrected chi connectivity index (χ4v) is 2.60. The highest BCUT2D eigenvalue weighted by atomic mass is 16.6. The number of anilines is 1. The first-order chi connectivity index (χ1) is 11.6. The highest BCUT2D eigenvalue weighted by molar-refractivity contribution is 6.03.